The molecular weight excluding hydrogens is 338 g/mol. The number of carboxylic acids is 1. The van der Waals surface area contributed by atoms with Gasteiger partial charge in [-0.15, -0.1) is 0 Å². The smallest absolute Gasteiger partial charge is 0.303 e. The van der Waals surface area contributed by atoms with Crippen LogP contribution in [-0.2, 0) is 19.2 Å². The minimum atomic E-state index is -1.00. The molecule has 0 aromatic carbocycles. The molecule has 3 N–H and O–H groups in total. The fourth-order valence-electron chi connectivity index (χ4n) is 2.30. The Labute approximate surface area is 155 Å². The zero-order valence-electron chi connectivity index (χ0n) is 16.5. The van der Waals surface area contributed by atoms with Crippen molar-refractivity contribution in [1.29, 1.82) is 0 Å². The van der Waals surface area contributed by atoms with Gasteiger partial charge in [-0.2, -0.15) is 0 Å². The number of aliphatic carboxylic acids is 1. The number of carbonyl (C=O) groups is 4. The van der Waals surface area contributed by atoms with Crippen molar-refractivity contribution in [3.63, 3.8) is 0 Å². The second kappa shape index (κ2) is 11.6. The van der Waals surface area contributed by atoms with E-state index in [9.17, 15) is 19.2 Å². The number of amides is 2. The van der Waals surface area contributed by atoms with Crippen LogP contribution in [0.5, 0.6) is 0 Å². The Balaban J connectivity index is 4.70. The highest BCUT2D eigenvalue weighted by atomic mass is 16.4. The maximum Gasteiger partial charge on any atom is 0.303 e. The Bertz CT molecular complexity index is 505. The van der Waals surface area contributed by atoms with Crippen molar-refractivity contribution in [2.24, 2.45) is 17.6 Å². The number of Topliss-reactive ketones (excluding diaryl/α,β-unsaturated/α-hetero) is 1. The molecule has 150 valence electrons. The summed E-state index contributed by atoms with van der Waals surface area (Å²) in [4.78, 5) is 49.9. The SMILES string of the molecule is CC(C)C(=O)CCN(CCN(C)C(=O)[C@@H](N)CCC(=O)O)C(=O)C(C)C. The first-order chi connectivity index (χ1) is 12.0. The van der Waals surface area contributed by atoms with E-state index < -0.39 is 12.0 Å². The molecule has 0 aromatic rings. The molecule has 0 aliphatic carbocycles. The van der Waals surface area contributed by atoms with Crippen molar-refractivity contribution >= 4 is 23.6 Å². The number of nitrogens with zero attached hydrogens (tertiary/aromatic N) is 2. The fraction of sp³-hybridized carbons (Fsp3) is 0.778. The predicted octanol–water partition coefficient (Wildman–Crippen LogP) is 0.737. The molecule has 8 nitrogen and oxygen atoms in total. The van der Waals surface area contributed by atoms with E-state index in [1.165, 1.54) is 4.90 Å². The summed E-state index contributed by atoms with van der Waals surface area (Å²) in [6.45, 7) is 8.11. The van der Waals surface area contributed by atoms with Gasteiger partial charge < -0.3 is 20.6 Å². The van der Waals surface area contributed by atoms with Crippen LogP contribution in [0.25, 0.3) is 0 Å². The molecule has 0 aliphatic heterocycles. The second-order valence-corrected chi connectivity index (χ2v) is 7.15. The number of rotatable bonds is 12. The number of carboxylic acid groups (broad SMARTS) is 1. The molecule has 0 spiro atoms. The third kappa shape index (κ3) is 8.94. The minimum Gasteiger partial charge on any atom is -0.481 e. The highest BCUT2D eigenvalue weighted by molar-refractivity contribution is 5.83. The van der Waals surface area contributed by atoms with Crippen LogP contribution < -0.4 is 5.73 Å². The van der Waals surface area contributed by atoms with E-state index >= 15 is 0 Å². The molecule has 0 saturated heterocycles. The first kappa shape index (κ1) is 24.0. The molecule has 0 radical (unpaired) electrons. The summed E-state index contributed by atoms with van der Waals surface area (Å²) in [5.74, 6) is -1.63. The predicted molar refractivity (Wildman–Crippen MR) is 98.4 cm³/mol. The van der Waals surface area contributed by atoms with Gasteiger partial charge in [-0.05, 0) is 6.42 Å². The molecule has 0 aliphatic rings. The lowest BCUT2D eigenvalue weighted by Gasteiger charge is -2.28. The first-order valence-corrected chi connectivity index (χ1v) is 9.01. The molecular formula is C18H33N3O5. The van der Waals surface area contributed by atoms with Crippen molar-refractivity contribution in [2.75, 3.05) is 26.7 Å². The van der Waals surface area contributed by atoms with E-state index in [4.69, 9.17) is 10.8 Å². The summed E-state index contributed by atoms with van der Waals surface area (Å²) in [6.07, 6.45) is 0.179. The lowest BCUT2D eigenvalue weighted by atomic mass is 10.1. The van der Waals surface area contributed by atoms with Crippen LogP contribution in [0.15, 0.2) is 0 Å². The Morgan fingerprint density at radius 2 is 1.46 bits per heavy atom. The number of hydrogen-bond acceptors (Lipinski definition) is 5. The van der Waals surface area contributed by atoms with Gasteiger partial charge in [0.1, 0.15) is 5.78 Å². The standard InChI is InChI=1S/C18H33N3O5/c1-12(2)15(22)8-9-21(17(25)13(3)4)11-10-20(5)18(26)14(19)6-7-16(23)24/h12-14H,6-11,19H2,1-5H3,(H,23,24)/t14-/m0/s1. The number of carbonyl (C=O) groups excluding carboxylic acids is 3. The molecule has 0 aromatic heterocycles. The molecule has 1 atom stereocenters. The summed E-state index contributed by atoms with van der Waals surface area (Å²) >= 11 is 0. The van der Waals surface area contributed by atoms with Crippen LogP contribution in [0, 0.1) is 11.8 Å². The molecule has 0 bridgehead atoms. The highest BCUT2D eigenvalue weighted by Crippen LogP contribution is 2.07. The van der Waals surface area contributed by atoms with E-state index in [1.54, 1.807) is 25.8 Å². The van der Waals surface area contributed by atoms with Gasteiger partial charge in [0, 0.05) is 51.4 Å². The van der Waals surface area contributed by atoms with Crippen molar-refractivity contribution in [3.05, 3.63) is 0 Å². The van der Waals surface area contributed by atoms with E-state index in [0.29, 0.717) is 13.1 Å². The van der Waals surface area contributed by atoms with E-state index in [-0.39, 0.29) is 55.2 Å². The third-order valence-electron chi connectivity index (χ3n) is 4.15. The summed E-state index contributed by atoms with van der Waals surface area (Å²) in [7, 11) is 1.57. The van der Waals surface area contributed by atoms with Gasteiger partial charge >= 0.3 is 5.97 Å². The molecule has 0 heterocycles. The topological polar surface area (TPSA) is 121 Å². The molecule has 2 amide bonds. The maximum atomic E-state index is 12.3. The van der Waals surface area contributed by atoms with Crippen molar-refractivity contribution in [3.8, 4) is 0 Å². The Morgan fingerprint density at radius 1 is 0.885 bits per heavy atom. The van der Waals surface area contributed by atoms with E-state index in [2.05, 4.69) is 0 Å². The molecule has 0 rings (SSSR count). The van der Waals surface area contributed by atoms with Crippen LogP contribution in [0.2, 0.25) is 0 Å². The summed E-state index contributed by atoms with van der Waals surface area (Å²) in [5.41, 5.74) is 5.73. The Kier molecular flexibility index (Phi) is 10.7. The maximum absolute atomic E-state index is 12.3. The van der Waals surface area contributed by atoms with E-state index in [0.717, 1.165) is 0 Å². The second-order valence-electron chi connectivity index (χ2n) is 7.15. The third-order valence-corrected chi connectivity index (χ3v) is 4.15. The minimum absolute atomic E-state index is 0.0655. The average Bonchev–Trinajstić information content (AvgIpc) is 2.57. The largest absolute Gasteiger partial charge is 0.481 e. The van der Waals surface area contributed by atoms with Crippen LogP contribution in [0.1, 0.15) is 47.0 Å². The summed E-state index contributed by atoms with van der Waals surface area (Å²) in [6, 6.07) is -0.882. The normalized spacial score (nSPS) is 12.2. The van der Waals surface area contributed by atoms with Gasteiger partial charge in [-0.1, -0.05) is 27.7 Å². The van der Waals surface area contributed by atoms with Gasteiger partial charge in [-0.3, -0.25) is 19.2 Å². The quantitative estimate of drug-likeness (QED) is 0.522. The number of hydrogen-bond donors (Lipinski definition) is 2. The van der Waals surface area contributed by atoms with Gasteiger partial charge in [0.15, 0.2) is 0 Å². The lowest BCUT2D eigenvalue weighted by molar-refractivity contribution is -0.139. The van der Waals surface area contributed by atoms with Gasteiger partial charge in [0.05, 0.1) is 6.04 Å². The zero-order chi connectivity index (χ0) is 20.4. The highest BCUT2D eigenvalue weighted by Gasteiger charge is 2.22. The molecule has 0 saturated carbocycles. The number of ketones is 1. The van der Waals surface area contributed by atoms with Crippen LogP contribution in [-0.4, -0.2) is 71.2 Å². The zero-order valence-corrected chi connectivity index (χ0v) is 16.5. The molecule has 26 heavy (non-hydrogen) atoms. The van der Waals surface area contributed by atoms with Gasteiger partial charge in [0.2, 0.25) is 11.8 Å². The fourth-order valence-corrected chi connectivity index (χ4v) is 2.30. The number of likely N-dealkylation sites (N-methyl/N-ethyl adjacent to an activating group) is 1. The summed E-state index contributed by atoms with van der Waals surface area (Å²) in [5, 5.41) is 8.66. The Hall–Kier alpha value is -1.96. The monoisotopic (exact) mass is 371 g/mol. The molecule has 8 heteroatoms. The van der Waals surface area contributed by atoms with Crippen molar-refractivity contribution in [1.82, 2.24) is 9.80 Å². The summed E-state index contributed by atoms with van der Waals surface area (Å²) < 4.78 is 0. The van der Waals surface area contributed by atoms with E-state index in [1.807, 2.05) is 13.8 Å². The van der Waals surface area contributed by atoms with Crippen LogP contribution in [0.4, 0.5) is 0 Å². The average molecular weight is 371 g/mol. The molecule has 0 fully saturated rings. The van der Waals surface area contributed by atoms with Crippen LogP contribution in [0.3, 0.4) is 0 Å². The van der Waals surface area contributed by atoms with Crippen molar-refractivity contribution in [2.45, 2.75) is 53.0 Å². The first-order valence-electron chi connectivity index (χ1n) is 9.01. The Morgan fingerprint density at radius 3 is 1.92 bits per heavy atom. The lowest BCUT2D eigenvalue weighted by Crippen LogP contribution is -2.46. The van der Waals surface area contributed by atoms with Crippen molar-refractivity contribution < 1.29 is 24.3 Å². The number of nitrogens with two attached hydrogens (primary N) is 1. The van der Waals surface area contributed by atoms with Gasteiger partial charge in [-0.25, -0.2) is 0 Å². The molecule has 0 unspecified atom stereocenters. The van der Waals surface area contributed by atoms with Crippen LogP contribution >= 0.6 is 0 Å². The van der Waals surface area contributed by atoms with Gasteiger partial charge in [0.25, 0.3) is 0 Å².